The van der Waals surface area contributed by atoms with Crippen molar-refractivity contribution in [3.8, 4) is 5.75 Å². The second-order valence-electron chi connectivity index (χ2n) is 6.28. The van der Waals surface area contributed by atoms with Crippen LogP contribution in [-0.2, 0) is 6.42 Å². The second-order valence-corrected chi connectivity index (χ2v) is 6.28. The van der Waals surface area contributed by atoms with E-state index >= 15 is 0 Å². The predicted molar refractivity (Wildman–Crippen MR) is 91.7 cm³/mol. The van der Waals surface area contributed by atoms with E-state index in [4.69, 9.17) is 4.74 Å². The van der Waals surface area contributed by atoms with Gasteiger partial charge in [0.2, 0.25) is 0 Å². The molecule has 1 N–H and O–H groups in total. The van der Waals surface area contributed by atoms with Crippen LogP contribution in [0.25, 0.3) is 0 Å². The summed E-state index contributed by atoms with van der Waals surface area (Å²) in [6, 6.07) is 5.75. The smallest absolute Gasteiger partial charge is 0.270 e. The summed E-state index contributed by atoms with van der Waals surface area (Å²) in [7, 11) is 1.69. The molecule has 2 aromatic rings. The number of nitrogens with one attached hydrogen (secondary N) is 1. The van der Waals surface area contributed by atoms with Crippen molar-refractivity contribution in [2.45, 2.75) is 26.2 Å². The molecule has 5 nitrogen and oxygen atoms in total. The molecular formula is C19H21FN2O3. The summed E-state index contributed by atoms with van der Waals surface area (Å²) in [6.07, 6.45) is 2.16. The van der Waals surface area contributed by atoms with Crippen LogP contribution in [0.4, 0.5) is 4.39 Å². The van der Waals surface area contributed by atoms with E-state index in [-0.39, 0.29) is 17.5 Å². The number of amides is 1. The van der Waals surface area contributed by atoms with Gasteiger partial charge in [-0.15, -0.1) is 0 Å². The molecule has 0 saturated carbocycles. The number of aromatic amines is 1. The summed E-state index contributed by atoms with van der Waals surface area (Å²) in [4.78, 5) is 29.4. The van der Waals surface area contributed by atoms with Crippen LogP contribution in [0.3, 0.4) is 0 Å². The Morgan fingerprint density at radius 3 is 2.68 bits per heavy atom. The molecule has 1 heterocycles. The summed E-state index contributed by atoms with van der Waals surface area (Å²) < 4.78 is 18.4. The molecule has 1 aliphatic carbocycles. The lowest BCUT2D eigenvalue weighted by atomic mass is 9.94. The van der Waals surface area contributed by atoms with E-state index in [1.54, 1.807) is 24.1 Å². The first kappa shape index (κ1) is 17.2. The van der Waals surface area contributed by atoms with Gasteiger partial charge >= 0.3 is 0 Å². The van der Waals surface area contributed by atoms with Crippen molar-refractivity contribution >= 4 is 11.7 Å². The number of hydrogen-bond acceptors (Lipinski definition) is 3. The fourth-order valence-corrected chi connectivity index (χ4v) is 3.11. The fraction of sp³-hybridized carbons (Fsp3) is 0.368. The molecule has 0 spiro atoms. The normalized spacial score (nSPS) is 13.5. The van der Waals surface area contributed by atoms with Gasteiger partial charge in [-0.25, -0.2) is 4.39 Å². The lowest BCUT2D eigenvalue weighted by Crippen LogP contribution is -2.31. The summed E-state index contributed by atoms with van der Waals surface area (Å²) in [5.74, 6) is 0.179. The van der Waals surface area contributed by atoms with Gasteiger partial charge in [0.25, 0.3) is 5.91 Å². The molecule has 6 heteroatoms. The molecule has 3 rings (SSSR count). The minimum absolute atomic E-state index is 0.108. The summed E-state index contributed by atoms with van der Waals surface area (Å²) in [6.45, 7) is 2.49. The Labute approximate surface area is 145 Å². The van der Waals surface area contributed by atoms with E-state index in [0.717, 1.165) is 24.1 Å². The van der Waals surface area contributed by atoms with Crippen molar-refractivity contribution in [3.63, 3.8) is 0 Å². The number of nitrogens with zero attached hydrogens (tertiary/aromatic N) is 1. The number of carbonyl (C=O) groups excluding carboxylic acids is 2. The zero-order valence-electron chi connectivity index (χ0n) is 14.4. The lowest BCUT2D eigenvalue weighted by molar-refractivity contribution is 0.0767. The van der Waals surface area contributed by atoms with Gasteiger partial charge in [-0.1, -0.05) is 0 Å². The maximum atomic E-state index is 12.9. The van der Waals surface area contributed by atoms with Crippen molar-refractivity contribution in [1.82, 2.24) is 9.88 Å². The number of benzene rings is 1. The van der Waals surface area contributed by atoms with Gasteiger partial charge < -0.3 is 14.6 Å². The maximum absolute atomic E-state index is 12.9. The van der Waals surface area contributed by atoms with Crippen LogP contribution in [0.15, 0.2) is 24.3 Å². The average molecular weight is 344 g/mol. The third-order valence-corrected chi connectivity index (χ3v) is 4.51. The number of halogens is 1. The van der Waals surface area contributed by atoms with Crippen LogP contribution in [0, 0.1) is 12.7 Å². The van der Waals surface area contributed by atoms with Crippen molar-refractivity contribution < 1.29 is 18.7 Å². The summed E-state index contributed by atoms with van der Waals surface area (Å²) in [5, 5.41) is 0. The quantitative estimate of drug-likeness (QED) is 0.906. The largest absolute Gasteiger partial charge is 0.492 e. The number of ether oxygens (including phenoxy) is 1. The number of H-pyrrole nitrogens is 1. The standard InChI is InChI=1S/C19H21FN2O3/c1-12-17-15(4-3-5-16(17)23)21-18(12)19(24)22(2)10-11-25-14-8-6-13(20)7-9-14/h6-9,21H,3-5,10-11H2,1-2H3. The Morgan fingerprint density at radius 1 is 1.28 bits per heavy atom. The first-order chi connectivity index (χ1) is 12.0. The van der Waals surface area contributed by atoms with Crippen LogP contribution < -0.4 is 4.74 Å². The molecule has 0 unspecified atom stereocenters. The number of fused-ring (bicyclic) bond motifs is 1. The van der Waals surface area contributed by atoms with Crippen LogP contribution in [0.2, 0.25) is 0 Å². The Bertz CT molecular complexity index is 796. The number of ketones is 1. The summed E-state index contributed by atoms with van der Waals surface area (Å²) >= 11 is 0. The number of hydrogen-bond donors (Lipinski definition) is 1. The molecule has 0 atom stereocenters. The molecule has 0 bridgehead atoms. The average Bonchev–Trinajstić information content (AvgIpc) is 2.94. The number of likely N-dealkylation sites (N-methyl/N-ethyl adjacent to an activating group) is 1. The maximum Gasteiger partial charge on any atom is 0.270 e. The van der Waals surface area contributed by atoms with Gasteiger partial charge in [0.1, 0.15) is 23.9 Å². The molecule has 1 amide bonds. The molecular weight excluding hydrogens is 323 g/mol. The van der Waals surface area contributed by atoms with Gasteiger partial charge in [-0.05, 0) is 49.6 Å². The third-order valence-electron chi connectivity index (χ3n) is 4.51. The van der Waals surface area contributed by atoms with E-state index in [9.17, 15) is 14.0 Å². The molecule has 1 aromatic heterocycles. The Balaban J connectivity index is 1.63. The predicted octanol–water partition coefficient (Wildman–Crippen LogP) is 3.13. The zero-order valence-corrected chi connectivity index (χ0v) is 14.4. The second kappa shape index (κ2) is 7.09. The number of carbonyl (C=O) groups is 2. The number of rotatable bonds is 5. The van der Waals surface area contributed by atoms with E-state index in [0.29, 0.717) is 36.6 Å². The van der Waals surface area contributed by atoms with Crippen LogP contribution in [0.1, 0.15) is 44.9 Å². The van der Waals surface area contributed by atoms with Gasteiger partial charge in [0, 0.05) is 24.7 Å². The number of aromatic nitrogens is 1. The highest BCUT2D eigenvalue weighted by molar-refractivity contribution is 6.04. The van der Waals surface area contributed by atoms with E-state index in [2.05, 4.69) is 4.98 Å². The highest BCUT2D eigenvalue weighted by atomic mass is 19.1. The van der Waals surface area contributed by atoms with Crippen LogP contribution >= 0.6 is 0 Å². The Kier molecular flexibility index (Phi) is 4.88. The highest BCUT2D eigenvalue weighted by Gasteiger charge is 2.27. The first-order valence-corrected chi connectivity index (χ1v) is 8.36. The third kappa shape index (κ3) is 3.57. The SMILES string of the molecule is Cc1c(C(=O)N(C)CCOc2ccc(F)cc2)[nH]c2c1C(=O)CCC2. The molecule has 0 saturated heterocycles. The molecule has 0 fully saturated rings. The molecule has 0 aliphatic heterocycles. The molecule has 25 heavy (non-hydrogen) atoms. The first-order valence-electron chi connectivity index (χ1n) is 8.36. The van der Waals surface area contributed by atoms with E-state index in [1.807, 2.05) is 6.92 Å². The summed E-state index contributed by atoms with van der Waals surface area (Å²) in [5.41, 5.74) is 2.76. The Hall–Kier alpha value is -2.63. The fourth-order valence-electron chi connectivity index (χ4n) is 3.11. The van der Waals surface area contributed by atoms with Gasteiger partial charge in [0.15, 0.2) is 5.78 Å². The lowest BCUT2D eigenvalue weighted by Gasteiger charge is -2.17. The van der Waals surface area contributed by atoms with Gasteiger partial charge in [-0.3, -0.25) is 9.59 Å². The molecule has 132 valence electrons. The van der Waals surface area contributed by atoms with Crippen LogP contribution in [0.5, 0.6) is 5.75 Å². The molecule has 0 radical (unpaired) electrons. The minimum atomic E-state index is -0.319. The number of Topliss-reactive ketones (excluding diaryl/α,β-unsaturated/α-hetero) is 1. The van der Waals surface area contributed by atoms with E-state index < -0.39 is 0 Å². The van der Waals surface area contributed by atoms with Crippen molar-refractivity contribution in [2.24, 2.45) is 0 Å². The van der Waals surface area contributed by atoms with Crippen molar-refractivity contribution in [1.29, 1.82) is 0 Å². The Morgan fingerprint density at radius 2 is 2.00 bits per heavy atom. The van der Waals surface area contributed by atoms with Crippen molar-refractivity contribution in [3.05, 3.63) is 52.6 Å². The molecule has 1 aliphatic rings. The molecule has 1 aromatic carbocycles. The highest BCUT2D eigenvalue weighted by Crippen LogP contribution is 2.27. The van der Waals surface area contributed by atoms with Gasteiger partial charge in [-0.2, -0.15) is 0 Å². The topological polar surface area (TPSA) is 62.4 Å². The minimum Gasteiger partial charge on any atom is -0.492 e. The van der Waals surface area contributed by atoms with Crippen LogP contribution in [-0.4, -0.2) is 41.8 Å². The van der Waals surface area contributed by atoms with E-state index in [1.165, 1.54) is 12.1 Å². The number of aryl methyl sites for hydroxylation is 1. The monoisotopic (exact) mass is 344 g/mol. The zero-order chi connectivity index (χ0) is 18.0. The van der Waals surface area contributed by atoms with Crippen molar-refractivity contribution in [2.75, 3.05) is 20.2 Å². The van der Waals surface area contributed by atoms with Gasteiger partial charge in [0.05, 0.1) is 6.54 Å².